The van der Waals surface area contributed by atoms with Gasteiger partial charge < -0.3 is 9.73 Å². The lowest BCUT2D eigenvalue weighted by atomic mass is 10.2. The number of hydrogen-bond acceptors (Lipinski definition) is 6. The third kappa shape index (κ3) is 3.85. The Bertz CT molecular complexity index is 1540. The lowest BCUT2D eigenvalue weighted by molar-refractivity contribution is 0.579. The predicted molar refractivity (Wildman–Crippen MR) is 126 cm³/mol. The molecule has 0 amide bonds. The monoisotopic (exact) mass is 469 g/mol. The molecule has 2 N–H and O–H groups in total. The number of aromatic nitrogens is 1. The van der Waals surface area contributed by atoms with E-state index in [1.165, 1.54) is 6.07 Å². The van der Waals surface area contributed by atoms with Crippen LogP contribution in [-0.2, 0) is 10.0 Å². The molecule has 0 unspecified atom stereocenters. The number of pyridine rings is 1. The number of aryl methyl sites for hydroxylation is 1. The first-order valence-electron chi connectivity index (χ1n) is 9.33. The van der Waals surface area contributed by atoms with Crippen LogP contribution in [0.15, 0.2) is 75.4 Å². The van der Waals surface area contributed by atoms with Gasteiger partial charge in [0.05, 0.1) is 21.2 Å². The van der Waals surface area contributed by atoms with Gasteiger partial charge in [-0.15, -0.1) is 11.3 Å². The molecule has 0 atom stereocenters. The molecule has 3 aromatic heterocycles. The second-order valence-electron chi connectivity index (χ2n) is 6.94. The first kappa shape index (κ1) is 19.9. The van der Waals surface area contributed by atoms with E-state index in [0.717, 1.165) is 33.8 Å². The number of benzene rings is 2. The van der Waals surface area contributed by atoms with E-state index in [9.17, 15) is 8.42 Å². The Morgan fingerprint density at radius 2 is 1.81 bits per heavy atom. The number of halogens is 1. The SMILES string of the molecule is Cc1cc2cccc(Nc3ccc4c(NS(=O)(=O)c5ccc(Cl)s5)cccc4n3)c2o1. The van der Waals surface area contributed by atoms with Gasteiger partial charge in [-0.3, -0.25) is 4.72 Å². The van der Waals surface area contributed by atoms with Crippen molar-refractivity contribution >= 4 is 72.0 Å². The van der Waals surface area contributed by atoms with Crippen LogP contribution in [0.4, 0.5) is 17.2 Å². The highest BCUT2D eigenvalue weighted by Crippen LogP contribution is 2.32. The van der Waals surface area contributed by atoms with Crippen molar-refractivity contribution in [3.05, 3.63) is 76.8 Å². The minimum Gasteiger partial charge on any atom is -0.459 e. The standard InChI is InChI=1S/C22H16ClN3O3S2/c1-13-12-14-4-2-7-18(22(14)29-13)25-20-10-8-15-16(24-20)5-3-6-17(15)26-31(27,28)21-11-9-19(23)30-21/h2-12,26H,1H3,(H,24,25). The van der Waals surface area contributed by atoms with Crippen LogP contribution in [0.25, 0.3) is 21.9 Å². The fourth-order valence-electron chi connectivity index (χ4n) is 3.38. The number of nitrogens with one attached hydrogen (secondary N) is 2. The molecule has 0 spiro atoms. The maximum atomic E-state index is 12.7. The molecule has 0 fully saturated rings. The average Bonchev–Trinajstić information content (AvgIpc) is 3.34. The molecule has 0 bridgehead atoms. The van der Waals surface area contributed by atoms with Crippen LogP contribution in [0.1, 0.15) is 5.76 Å². The summed E-state index contributed by atoms with van der Waals surface area (Å²) in [5, 5.41) is 4.99. The molecule has 0 radical (unpaired) electrons. The van der Waals surface area contributed by atoms with E-state index in [4.69, 9.17) is 16.0 Å². The zero-order chi connectivity index (χ0) is 21.6. The summed E-state index contributed by atoms with van der Waals surface area (Å²) in [7, 11) is -3.74. The zero-order valence-corrected chi connectivity index (χ0v) is 18.6. The second-order valence-corrected chi connectivity index (χ2v) is 10.6. The van der Waals surface area contributed by atoms with Gasteiger partial charge in [-0.1, -0.05) is 29.8 Å². The smallest absolute Gasteiger partial charge is 0.271 e. The summed E-state index contributed by atoms with van der Waals surface area (Å²) in [6.07, 6.45) is 0. The number of furan rings is 1. The molecule has 0 aliphatic carbocycles. The third-order valence-electron chi connectivity index (χ3n) is 4.72. The van der Waals surface area contributed by atoms with Crippen molar-refractivity contribution in [1.82, 2.24) is 4.98 Å². The van der Waals surface area contributed by atoms with E-state index in [0.29, 0.717) is 26.7 Å². The van der Waals surface area contributed by atoms with Crippen LogP contribution < -0.4 is 10.0 Å². The number of hydrogen-bond donors (Lipinski definition) is 2. The molecule has 0 saturated carbocycles. The Balaban J connectivity index is 1.49. The van der Waals surface area contributed by atoms with E-state index in [1.54, 1.807) is 24.3 Å². The van der Waals surface area contributed by atoms with E-state index in [2.05, 4.69) is 15.0 Å². The van der Waals surface area contributed by atoms with E-state index >= 15 is 0 Å². The molecule has 9 heteroatoms. The lowest BCUT2D eigenvalue weighted by Gasteiger charge is -2.11. The second kappa shape index (κ2) is 7.56. The first-order valence-corrected chi connectivity index (χ1v) is 12.0. The molecule has 6 nitrogen and oxygen atoms in total. The molecular formula is C22H16ClN3O3S2. The van der Waals surface area contributed by atoms with Crippen molar-refractivity contribution in [2.75, 3.05) is 10.0 Å². The number of thiophene rings is 1. The van der Waals surface area contributed by atoms with E-state index in [1.807, 2.05) is 43.3 Å². The Morgan fingerprint density at radius 3 is 2.61 bits per heavy atom. The molecule has 0 saturated heterocycles. The van der Waals surface area contributed by atoms with Gasteiger partial charge in [-0.05, 0) is 55.5 Å². The van der Waals surface area contributed by atoms with Gasteiger partial charge in [0.25, 0.3) is 10.0 Å². The Labute approximate surface area is 187 Å². The maximum absolute atomic E-state index is 12.7. The van der Waals surface area contributed by atoms with Crippen molar-refractivity contribution in [2.24, 2.45) is 0 Å². The van der Waals surface area contributed by atoms with Crippen LogP contribution in [0.2, 0.25) is 4.34 Å². The number of sulfonamides is 1. The van der Waals surface area contributed by atoms with Gasteiger partial charge in [0.15, 0.2) is 5.58 Å². The van der Waals surface area contributed by atoms with Crippen LogP contribution in [-0.4, -0.2) is 13.4 Å². The van der Waals surface area contributed by atoms with Crippen LogP contribution in [0, 0.1) is 6.92 Å². The zero-order valence-electron chi connectivity index (χ0n) is 16.2. The first-order chi connectivity index (χ1) is 14.9. The Morgan fingerprint density at radius 1 is 1.00 bits per heavy atom. The summed E-state index contributed by atoms with van der Waals surface area (Å²) in [4.78, 5) is 4.65. The van der Waals surface area contributed by atoms with Gasteiger partial charge in [0.2, 0.25) is 0 Å². The normalized spacial score (nSPS) is 11.8. The minimum absolute atomic E-state index is 0.155. The average molecular weight is 470 g/mol. The topological polar surface area (TPSA) is 84.2 Å². The van der Waals surface area contributed by atoms with Crippen molar-refractivity contribution in [3.8, 4) is 0 Å². The van der Waals surface area contributed by atoms with E-state index < -0.39 is 10.0 Å². The highest BCUT2D eigenvalue weighted by molar-refractivity contribution is 7.94. The molecule has 0 aliphatic rings. The summed E-state index contributed by atoms with van der Waals surface area (Å²) in [5.74, 6) is 1.46. The summed E-state index contributed by atoms with van der Waals surface area (Å²) in [6.45, 7) is 1.91. The van der Waals surface area contributed by atoms with Crippen LogP contribution >= 0.6 is 22.9 Å². The molecule has 5 rings (SSSR count). The molecule has 5 aromatic rings. The van der Waals surface area contributed by atoms with Crippen molar-refractivity contribution in [3.63, 3.8) is 0 Å². The number of nitrogens with zero attached hydrogens (tertiary/aromatic N) is 1. The summed E-state index contributed by atoms with van der Waals surface area (Å²) >= 11 is 6.89. The third-order valence-corrected chi connectivity index (χ3v) is 7.81. The summed E-state index contributed by atoms with van der Waals surface area (Å²) in [6, 6.07) is 19.8. The minimum atomic E-state index is -3.74. The van der Waals surface area contributed by atoms with Gasteiger partial charge >= 0.3 is 0 Å². The highest BCUT2D eigenvalue weighted by atomic mass is 35.5. The van der Waals surface area contributed by atoms with Gasteiger partial charge in [-0.25, -0.2) is 13.4 Å². The maximum Gasteiger partial charge on any atom is 0.271 e. The van der Waals surface area contributed by atoms with Gasteiger partial charge in [-0.2, -0.15) is 0 Å². The van der Waals surface area contributed by atoms with Crippen molar-refractivity contribution in [2.45, 2.75) is 11.1 Å². The molecule has 3 heterocycles. The molecule has 0 aliphatic heterocycles. The number of para-hydroxylation sites is 1. The molecule has 156 valence electrons. The Kier molecular flexibility index (Phi) is 4.85. The molecule has 2 aromatic carbocycles. The van der Waals surface area contributed by atoms with Gasteiger partial charge in [0, 0.05) is 10.8 Å². The largest absolute Gasteiger partial charge is 0.459 e. The van der Waals surface area contributed by atoms with Crippen LogP contribution in [0.5, 0.6) is 0 Å². The quantitative estimate of drug-likeness (QED) is 0.305. The Hall–Kier alpha value is -3.07. The van der Waals surface area contributed by atoms with E-state index in [-0.39, 0.29) is 4.21 Å². The van der Waals surface area contributed by atoms with Crippen molar-refractivity contribution < 1.29 is 12.8 Å². The fourth-order valence-corrected chi connectivity index (χ4v) is 5.94. The highest BCUT2D eigenvalue weighted by Gasteiger charge is 2.18. The fraction of sp³-hybridized carbons (Fsp3) is 0.0455. The molecule has 31 heavy (non-hydrogen) atoms. The predicted octanol–water partition coefficient (Wildman–Crippen LogP) is 6.55. The number of fused-ring (bicyclic) bond motifs is 2. The van der Waals surface area contributed by atoms with Crippen molar-refractivity contribution in [1.29, 1.82) is 0 Å². The van der Waals surface area contributed by atoms with Gasteiger partial charge in [0.1, 0.15) is 15.8 Å². The van der Waals surface area contributed by atoms with Crippen LogP contribution in [0.3, 0.4) is 0 Å². The number of anilines is 3. The molecular weight excluding hydrogens is 454 g/mol. The summed E-state index contributed by atoms with van der Waals surface area (Å²) < 4.78 is 34.4. The lowest BCUT2D eigenvalue weighted by Crippen LogP contribution is -2.11. The summed E-state index contributed by atoms with van der Waals surface area (Å²) in [5.41, 5.74) is 2.67. The number of rotatable bonds is 5.